The molecule has 0 heterocycles. The number of benzene rings is 2. The van der Waals surface area contributed by atoms with Gasteiger partial charge >= 0.3 is 6.18 Å². The quantitative estimate of drug-likeness (QED) is 0.781. The molecule has 26 heavy (non-hydrogen) atoms. The van der Waals surface area contributed by atoms with Crippen molar-refractivity contribution in [3.8, 4) is 0 Å². The zero-order valence-corrected chi connectivity index (χ0v) is 14.5. The highest BCUT2D eigenvalue weighted by atomic mass is 35.5. The molecule has 2 rings (SSSR count). The van der Waals surface area contributed by atoms with Gasteiger partial charge in [-0.15, -0.1) is 0 Å². The van der Waals surface area contributed by atoms with E-state index in [-0.39, 0.29) is 27.7 Å². The number of carbonyl (C=O) groups is 2. The molecule has 0 aromatic heterocycles. The molecule has 2 aromatic carbocycles. The number of rotatable bonds is 5. The van der Waals surface area contributed by atoms with Crippen LogP contribution in [0, 0.1) is 0 Å². The lowest BCUT2D eigenvalue weighted by Crippen LogP contribution is -2.24. The monoisotopic (exact) mass is 384 g/mol. The number of nitrogens with one attached hydrogen (secondary N) is 2. The summed E-state index contributed by atoms with van der Waals surface area (Å²) < 4.78 is 38.4. The highest BCUT2D eigenvalue weighted by molar-refractivity contribution is 6.34. The van der Waals surface area contributed by atoms with Crippen LogP contribution in [0.1, 0.15) is 39.6 Å². The maximum atomic E-state index is 12.8. The summed E-state index contributed by atoms with van der Waals surface area (Å²) >= 11 is 5.87. The minimum Gasteiger partial charge on any atom is -0.352 e. The molecule has 2 aromatic rings. The topological polar surface area (TPSA) is 58.2 Å². The van der Waals surface area contributed by atoms with E-state index in [2.05, 4.69) is 10.6 Å². The zero-order valence-electron chi connectivity index (χ0n) is 13.8. The van der Waals surface area contributed by atoms with Gasteiger partial charge in [0.05, 0.1) is 16.3 Å². The molecule has 0 aliphatic carbocycles. The number of hydrogen-bond acceptors (Lipinski definition) is 2. The molecule has 2 amide bonds. The fraction of sp³-hybridized carbons (Fsp3) is 0.222. The first kappa shape index (κ1) is 19.8. The number of anilines is 1. The normalized spacial score (nSPS) is 11.1. The Morgan fingerprint density at radius 1 is 1.04 bits per heavy atom. The van der Waals surface area contributed by atoms with Crippen molar-refractivity contribution >= 4 is 29.1 Å². The summed E-state index contributed by atoms with van der Waals surface area (Å²) in [5, 5.41) is 5.00. The van der Waals surface area contributed by atoms with Gasteiger partial charge in [0.2, 0.25) is 0 Å². The van der Waals surface area contributed by atoms with E-state index in [0.717, 1.165) is 24.6 Å². The van der Waals surface area contributed by atoms with Crippen LogP contribution >= 0.6 is 11.6 Å². The summed E-state index contributed by atoms with van der Waals surface area (Å²) in [7, 11) is 0. The second kappa shape index (κ2) is 8.23. The molecule has 0 saturated heterocycles. The average molecular weight is 385 g/mol. The number of alkyl halides is 3. The SMILES string of the molecule is CCCNC(=O)c1cccc(C(=O)Nc2cc(C(F)(F)F)ccc2Cl)c1. The lowest BCUT2D eigenvalue weighted by atomic mass is 10.1. The molecule has 0 unspecified atom stereocenters. The second-order valence-corrected chi connectivity index (χ2v) is 5.89. The van der Waals surface area contributed by atoms with Gasteiger partial charge in [0, 0.05) is 17.7 Å². The van der Waals surface area contributed by atoms with Gasteiger partial charge in [-0.1, -0.05) is 24.6 Å². The van der Waals surface area contributed by atoms with E-state index in [4.69, 9.17) is 11.6 Å². The highest BCUT2D eigenvalue weighted by Gasteiger charge is 2.31. The number of halogens is 4. The second-order valence-electron chi connectivity index (χ2n) is 5.48. The van der Waals surface area contributed by atoms with Crippen LogP contribution in [0.2, 0.25) is 5.02 Å². The Morgan fingerprint density at radius 3 is 2.31 bits per heavy atom. The Bertz CT molecular complexity index is 822. The molecule has 4 nitrogen and oxygen atoms in total. The van der Waals surface area contributed by atoms with E-state index in [1.54, 1.807) is 6.07 Å². The summed E-state index contributed by atoms with van der Waals surface area (Å²) in [6.07, 6.45) is -3.79. The molecular formula is C18H16ClF3N2O2. The van der Waals surface area contributed by atoms with Gasteiger partial charge in [0.25, 0.3) is 11.8 Å². The van der Waals surface area contributed by atoms with Crippen LogP contribution in [0.25, 0.3) is 0 Å². The van der Waals surface area contributed by atoms with E-state index in [0.29, 0.717) is 6.54 Å². The summed E-state index contributed by atoms with van der Waals surface area (Å²) in [6.45, 7) is 2.40. The van der Waals surface area contributed by atoms with Crippen molar-refractivity contribution in [1.29, 1.82) is 0 Å². The van der Waals surface area contributed by atoms with Crippen molar-refractivity contribution in [2.24, 2.45) is 0 Å². The summed E-state index contributed by atoms with van der Waals surface area (Å²) in [5.41, 5.74) is -0.680. The Labute approximate surface area is 153 Å². The molecule has 8 heteroatoms. The maximum Gasteiger partial charge on any atom is 0.416 e. The number of hydrogen-bond donors (Lipinski definition) is 2. The van der Waals surface area contributed by atoms with E-state index in [1.807, 2.05) is 6.92 Å². The lowest BCUT2D eigenvalue weighted by molar-refractivity contribution is -0.137. The zero-order chi connectivity index (χ0) is 19.3. The smallest absolute Gasteiger partial charge is 0.352 e. The third kappa shape index (κ3) is 4.98. The van der Waals surface area contributed by atoms with Gasteiger partial charge in [0.15, 0.2) is 0 Å². The third-order valence-corrected chi connectivity index (χ3v) is 3.79. The number of carbonyl (C=O) groups excluding carboxylic acids is 2. The molecule has 0 fully saturated rings. The van der Waals surface area contributed by atoms with E-state index >= 15 is 0 Å². The van der Waals surface area contributed by atoms with Gasteiger partial charge in [0.1, 0.15) is 0 Å². The molecule has 138 valence electrons. The third-order valence-electron chi connectivity index (χ3n) is 3.46. The minimum absolute atomic E-state index is 0.0248. The van der Waals surface area contributed by atoms with Gasteiger partial charge in [-0.3, -0.25) is 9.59 Å². The van der Waals surface area contributed by atoms with Gasteiger partial charge < -0.3 is 10.6 Å². The maximum absolute atomic E-state index is 12.8. The first-order valence-electron chi connectivity index (χ1n) is 7.78. The van der Waals surface area contributed by atoms with Crippen LogP contribution in [0.3, 0.4) is 0 Å². The summed E-state index contributed by atoms with van der Waals surface area (Å²) in [5.74, 6) is -1.00. The predicted molar refractivity (Wildman–Crippen MR) is 93.5 cm³/mol. The fourth-order valence-corrected chi connectivity index (χ4v) is 2.30. The molecule has 2 N–H and O–H groups in total. The Morgan fingerprint density at radius 2 is 1.69 bits per heavy atom. The molecular weight excluding hydrogens is 369 g/mol. The van der Waals surface area contributed by atoms with Gasteiger partial charge in [-0.2, -0.15) is 13.2 Å². The van der Waals surface area contributed by atoms with Crippen molar-refractivity contribution in [2.45, 2.75) is 19.5 Å². The Hall–Kier alpha value is -2.54. The van der Waals surface area contributed by atoms with Crippen molar-refractivity contribution < 1.29 is 22.8 Å². The molecule has 0 saturated carbocycles. The van der Waals surface area contributed by atoms with Crippen molar-refractivity contribution in [1.82, 2.24) is 5.32 Å². The largest absolute Gasteiger partial charge is 0.416 e. The standard InChI is InChI=1S/C18H16ClF3N2O2/c1-2-8-23-16(25)11-4-3-5-12(9-11)17(26)24-15-10-13(18(20,21)22)6-7-14(15)19/h3-7,9-10H,2,8H2,1H3,(H,23,25)(H,24,26). The van der Waals surface area contributed by atoms with E-state index < -0.39 is 17.6 Å². The Balaban J connectivity index is 2.22. The molecule has 0 bridgehead atoms. The average Bonchev–Trinajstić information content (AvgIpc) is 2.60. The van der Waals surface area contributed by atoms with Gasteiger partial charge in [-0.25, -0.2) is 0 Å². The highest BCUT2D eigenvalue weighted by Crippen LogP contribution is 2.34. The van der Waals surface area contributed by atoms with Crippen molar-refractivity contribution in [2.75, 3.05) is 11.9 Å². The van der Waals surface area contributed by atoms with Crippen LogP contribution in [0.5, 0.6) is 0 Å². The first-order chi connectivity index (χ1) is 12.2. The van der Waals surface area contributed by atoms with Crippen LogP contribution < -0.4 is 10.6 Å². The first-order valence-corrected chi connectivity index (χ1v) is 8.16. The fourth-order valence-electron chi connectivity index (χ4n) is 2.13. The molecule has 0 radical (unpaired) electrons. The van der Waals surface area contributed by atoms with E-state index in [9.17, 15) is 22.8 Å². The van der Waals surface area contributed by atoms with Crippen molar-refractivity contribution in [3.63, 3.8) is 0 Å². The van der Waals surface area contributed by atoms with Gasteiger partial charge in [-0.05, 0) is 42.8 Å². The summed E-state index contributed by atoms with van der Waals surface area (Å²) in [4.78, 5) is 24.3. The molecule has 0 aliphatic heterocycles. The molecule has 0 aliphatic rings. The molecule has 0 spiro atoms. The summed E-state index contributed by atoms with van der Waals surface area (Å²) in [6, 6.07) is 8.53. The van der Waals surface area contributed by atoms with Crippen molar-refractivity contribution in [3.05, 3.63) is 64.2 Å². The van der Waals surface area contributed by atoms with Crippen LogP contribution in [-0.4, -0.2) is 18.4 Å². The predicted octanol–water partition coefficient (Wildman–Crippen LogP) is 4.75. The Kier molecular flexibility index (Phi) is 6.26. The van der Waals surface area contributed by atoms with Crippen LogP contribution in [-0.2, 0) is 6.18 Å². The molecule has 0 atom stereocenters. The minimum atomic E-state index is -4.55. The van der Waals surface area contributed by atoms with E-state index in [1.165, 1.54) is 18.2 Å². The number of amides is 2. The van der Waals surface area contributed by atoms with Crippen LogP contribution in [0.4, 0.5) is 18.9 Å². The lowest BCUT2D eigenvalue weighted by Gasteiger charge is -2.12. The van der Waals surface area contributed by atoms with Crippen LogP contribution in [0.15, 0.2) is 42.5 Å².